The maximum absolute atomic E-state index is 11.5. The largest absolute Gasteiger partial charge is 0.499 e. The van der Waals surface area contributed by atoms with Crippen LogP contribution in [0.3, 0.4) is 0 Å². The van der Waals surface area contributed by atoms with Crippen molar-refractivity contribution >= 4 is 5.97 Å². The van der Waals surface area contributed by atoms with Crippen molar-refractivity contribution < 1.29 is 52.1 Å². The molecule has 111 valence electrons. The third kappa shape index (κ3) is 8.12. The standard InChI is InChI=1S/C13H21N2O4.Y/c1-11(2)18-19-14-7-9-15-8-5-4-6-12(10-15)13(16)17-3;/h4,6,10-11H,5,7-9H2,1-3H3;/q-1;. The summed E-state index contributed by atoms with van der Waals surface area (Å²) < 4.78 is 4.71. The molecule has 7 heteroatoms. The van der Waals surface area contributed by atoms with Gasteiger partial charge in [-0.25, -0.2) is 4.79 Å². The van der Waals surface area contributed by atoms with Gasteiger partial charge in [0.25, 0.3) is 0 Å². The maximum atomic E-state index is 11.5. The van der Waals surface area contributed by atoms with E-state index in [0.717, 1.165) is 13.0 Å². The molecule has 0 saturated carbocycles. The van der Waals surface area contributed by atoms with Crippen LogP contribution in [0.2, 0.25) is 0 Å². The number of esters is 1. The zero-order chi connectivity index (χ0) is 14.1. The average Bonchev–Trinajstić information content (AvgIpc) is 2.62. The van der Waals surface area contributed by atoms with Crippen LogP contribution in [0.25, 0.3) is 5.48 Å². The zero-order valence-electron chi connectivity index (χ0n) is 12.2. The Kier molecular flexibility index (Phi) is 11.2. The topological polar surface area (TPSA) is 62.1 Å². The summed E-state index contributed by atoms with van der Waals surface area (Å²) in [7, 11) is 1.37. The third-order valence-electron chi connectivity index (χ3n) is 2.39. The summed E-state index contributed by atoms with van der Waals surface area (Å²) in [5.74, 6) is -0.334. The van der Waals surface area contributed by atoms with Gasteiger partial charge in [-0.15, -0.1) is 6.54 Å². The van der Waals surface area contributed by atoms with Crippen molar-refractivity contribution in [3.05, 3.63) is 29.4 Å². The molecule has 0 unspecified atom stereocenters. The minimum absolute atomic E-state index is 0. The van der Waals surface area contributed by atoms with Gasteiger partial charge in [0.2, 0.25) is 0 Å². The zero-order valence-corrected chi connectivity index (χ0v) is 15.1. The predicted octanol–water partition coefficient (Wildman–Crippen LogP) is 1.95. The molecule has 0 aromatic heterocycles. The number of carbonyl (C=O) groups excluding carboxylic acids is 1. The second kappa shape index (κ2) is 11.4. The number of nitrogens with zero attached hydrogens (tertiary/aromatic N) is 2. The number of hydrogen-bond acceptors (Lipinski definition) is 5. The average molecular weight is 358 g/mol. The van der Waals surface area contributed by atoms with Gasteiger partial charge in [-0.05, 0) is 26.8 Å². The SMILES string of the molecule is COC(=O)C1=CN(CC[N-]OOC(C)C)CCC=C1.[Y]. The van der Waals surface area contributed by atoms with Crippen molar-refractivity contribution in [2.45, 2.75) is 26.4 Å². The Morgan fingerprint density at radius 2 is 2.25 bits per heavy atom. The molecule has 0 aromatic carbocycles. The molecule has 20 heavy (non-hydrogen) atoms. The van der Waals surface area contributed by atoms with Crippen molar-refractivity contribution in [2.75, 3.05) is 26.7 Å². The Labute approximate surface area is 145 Å². The molecule has 1 aliphatic rings. The molecule has 0 aliphatic carbocycles. The Morgan fingerprint density at radius 3 is 2.90 bits per heavy atom. The number of hydroxylamine groups is 1. The summed E-state index contributed by atoms with van der Waals surface area (Å²) in [5.41, 5.74) is 4.34. The Morgan fingerprint density at radius 1 is 1.50 bits per heavy atom. The van der Waals surface area contributed by atoms with E-state index in [2.05, 4.69) is 10.5 Å². The number of methoxy groups -OCH3 is 1. The van der Waals surface area contributed by atoms with Gasteiger partial charge in [-0.2, -0.15) is 0 Å². The van der Waals surface area contributed by atoms with Gasteiger partial charge in [0.05, 0.1) is 18.8 Å². The van der Waals surface area contributed by atoms with Crippen LogP contribution in [0.4, 0.5) is 0 Å². The van der Waals surface area contributed by atoms with Gasteiger partial charge in [-0.1, -0.05) is 12.2 Å². The molecule has 0 fully saturated rings. The van der Waals surface area contributed by atoms with Crippen LogP contribution < -0.4 is 0 Å². The molecule has 0 atom stereocenters. The molecule has 0 saturated heterocycles. The fourth-order valence-corrected chi connectivity index (χ4v) is 1.49. The molecule has 0 amide bonds. The van der Waals surface area contributed by atoms with Crippen molar-refractivity contribution in [1.29, 1.82) is 0 Å². The summed E-state index contributed by atoms with van der Waals surface area (Å²) in [6.07, 6.45) is 6.38. The minimum Gasteiger partial charge on any atom is -0.499 e. The van der Waals surface area contributed by atoms with E-state index in [-0.39, 0.29) is 44.8 Å². The van der Waals surface area contributed by atoms with Crippen molar-refractivity contribution in [1.82, 2.24) is 4.90 Å². The van der Waals surface area contributed by atoms with Crippen LogP contribution in [0.1, 0.15) is 20.3 Å². The van der Waals surface area contributed by atoms with Crippen LogP contribution in [0.15, 0.2) is 23.9 Å². The van der Waals surface area contributed by atoms with E-state index in [1.807, 2.05) is 24.8 Å². The van der Waals surface area contributed by atoms with E-state index in [9.17, 15) is 4.79 Å². The Hall–Kier alpha value is -0.266. The van der Waals surface area contributed by atoms with Gasteiger partial charge < -0.3 is 20.1 Å². The monoisotopic (exact) mass is 358 g/mol. The summed E-state index contributed by atoms with van der Waals surface area (Å²) in [4.78, 5) is 23.0. The minimum atomic E-state index is -0.334. The van der Waals surface area contributed by atoms with Crippen LogP contribution in [-0.4, -0.2) is 43.7 Å². The molecule has 0 spiro atoms. The first kappa shape index (κ1) is 19.7. The molecule has 1 rings (SSSR count). The normalized spacial score (nSPS) is 14.6. The van der Waals surface area contributed by atoms with E-state index >= 15 is 0 Å². The van der Waals surface area contributed by atoms with Gasteiger partial charge in [0.15, 0.2) is 0 Å². The number of carbonyl (C=O) groups is 1. The molecule has 1 aliphatic heterocycles. The van der Waals surface area contributed by atoms with Crippen molar-refractivity contribution in [3.63, 3.8) is 0 Å². The van der Waals surface area contributed by atoms with Gasteiger partial charge in [0.1, 0.15) is 0 Å². The first-order valence-electron chi connectivity index (χ1n) is 6.33. The molecular formula is C13H21N2O4Y-. The molecular weight excluding hydrogens is 337 g/mol. The molecule has 1 heterocycles. The first-order chi connectivity index (χ1) is 9.13. The van der Waals surface area contributed by atoms with Crippen LogP contribution in [0.5, 0.6) is 0 Å². The summed E-state index contributed by atoms with van der Waals surface area (Å²) in [6, 6.07) is 0. The van der Waals surface area contributed by atoms with Crippen LogP contribution in [-0.2, 0) is 52.1 Å². The molecule has 0 N–H and O–H groups in total. The first-order valence-corrected chi connectivity index (χ1v) is 6.33. The van der Waals surface area contributed by atoms with Crippen LogP contribution in [0, 0.1) is 0 Å². The number of hydrogen-bond donors (Lipinski definition) is 0. The molecule has 1 radical (unpaired) electrons. The van der Waals surface area contributed by atoms with Crippen LogP contribution >= 0.6 is 0 Å². The van der Waals surface area contributed by atoms with E-state index in [0.29, 0.717) is 18.7 Å². The third-order valence-corrected chi connectivity index (χ3v) is 2.39. The van der Waals surface area contributed by atoms with E-state index in [1.54, 1.807) is 12.3 Å². The van der Waals surface area contributed by atoms with E-state index in [4.69, 9.17) is 9.62 Å². The second-order valence-corrected chi connectivity index (χ2v) is 4.38. The molecule has 6 nitrogen and oxygen atoms in total. The number of ether oxygens (including phenoxy) is 1. The van der Waals surface area contributed by atoms with E-state index in [1.165, 1.54) is 7.11 Å². The van der Waals surface area contributed by atoms with Crippen molar-refractivity contribution in [2.24, 2.45) is 0 Å². The summed E-state index contributed by atoms with van der Waals surface area (Å²) >= 11 is 0. The Bertz CT molecular complexity index is 345. The second-order valence-electron chi connectivity index (χ2n) is 4.38. The summed E-state index contributed by atoms with van der Waals surface area (Å²) in [6.45, 7) is 5.68. The summed E-state index contributed by atoms with van der Waals surface area (Å²) in [5, 5.41) is 0. The Balaban J connectivity index is 0.00000361. The fraction of sp³-hybridized carbons (Fsp3) is 0.615. The molecule has 0 aromatic rings. The number of rotatable bonds is 7. The predicted molar refractivity (Wildman–Crippen MR) is 71.0 cm³/mol. The fourth-order valence-electron chi connectivity index (χ4n) is 1.49. The van der Waals surface area contributed by atoms with E-state index < -0.39 is 0 Å². The van der Waals surface area contributed by atoms with Gasteiger partial charge >= 0.3 is 5.97 Å². The maximum Gasteiger partial charge on any atom is 0.339 e. The smallest absolute Gasteiger partial charge is 0.339 e. The van der Waals surface area contributed by atoms with Gasteiger partial charge in [0, 0.05) is 45.5 Å². The van der Waals surface area contributed by atoms with Crippen molar-refractivity contribution in [3.8, 4) is 0 Å². The van der Waals surface area contributed by atoms with Gasteiger partial charge in [-0.3, -0.25) is 4.89 Å². The quantitative estimate of drug-likeness (QED) is 0.301. The molecule has 0 bridgehead atoms.